The molecule has 1 aliphatic heterocycles. The van der Waals surface area contributed by atoms with Gasteiger partial charge >= 0.3 is 0 Å². The Kier molecular flexibility index (Phi) is 3.89. The maximum atomic E-state index is 6.58. The molecule has 0 aromatic heterocycles. The van der Waals surface area contributed by atoms with Crippen LogP contribution in [0.3, 0.4) is 0 Å². The van der Waals surface area contributed by atoms with Gasteiger partial charge in [-0.05, 0) is 32.9 Å². The van der Waals surface area contributed by atoms with Crippen LogP contribution in [0.25, 0.3) is 0 Å². The molecule has 1 atom stereocenters. The first-order valence-corrected chi connectivity index (χ1v) is 13.2. The lowest BCUT2D eigenvalue weighted by Crippen LogP contribution is -2.63. The molecule has 0 spiro atoms. The summed E-state index contributed by atoms with van der Waals surface area (Å²) in [5, 5.41) is 0. The Bertz CT molecular complexity index is 226. The highest BCUT2D eigenvalue weighted by Crippen LogP contribution is 2.39. The van der Waals surface area contributed by atoms with E-state index >= 15 is 0 Å². The molecule has 3 heteroatoms. The fourth-order valence-electron chi connectivity index (χ4n) is 2.93. The molecule has 15 heavy (non-hydrogen) atoms. The van der Waals surface area contributed by atoms with Gasteiger partial charge < -0.3 is 4.43 Å². The van der Waals surface area contributed by atoms with E-state index < -0.39 is 15.4 Å². The van der Waals surface area contributed by atoms with Gasteiger partial charge in [-0.15, -0.1) is 0 Å². The topological polar surface area (TPSA) is 9.23 Å². The SMILES string of the molecule is CCC[Si](C)(C)[Si]1(C)CCCC(C)(C)O1. The first kappa shape index (κ1) is 13.5. The van der Waals surface area contributed by atoms with Crippen LogP contribution in [0.4, 0.5) is 0 Å². The Morgan fingerprint density at radius 2 is 1.93 bits per heavy atom. The quantitative estimate of drug-likeness (QED) is 0.671. The molecular formula is C12H28OSi2. The van der Waals surface area contributed by atoms with Crippen molar-refractivity contribution in [3.8, 4) is 0 Å². The van der Waals surface area contributed by atoms with Crippen molar-refractivity contribution in [2.45, 2.75) is 77.4 Å². The Morgan fingerprint density at radius 1 is 1.33 bits per heavy atom. The fraction of sp³-hybridized carbons (Fsp3) is 1.00. The molecule has 0 radical (unpaired) electrons. The minimum absolute atomic E-state index is 0.164. The van der Waals surface area contributed by atoms with E-state index in [1.165, 1.54) is 31.4 Å². The highest BCUT2D eigenvalue weighted by atomic mass is 29.3. The summed E-state index contributed by atoms with van der Waals surface area (Å²) in [6, 6.07) is 2.86. The molecule has 0 aromatic carbocycles. The molecular weight excluding hydrogens is 216 g/mol. The third kappa shape index (κ3) is 2.95. The molecule has 0 amide bonds. The minimum Gasteiger partial charge on any atom is -0.415 e. The van der Waals surface area contributed by atoms with Gasteiger partial charge in [-0.3, -0.25) is 0 Å². The molecule has 1 fully saturated rings. The predicted octanol–water partition coefficient (Wildman–Crippen LogP) is 4.35. The van der Waals surface area contributed by atoms with Crippen LogP contribution in [0.5, 0.6) is 0 Å². The van der Waals surface area contributed by atoms with Crippen molar-refractivity contribution in [3.05, 3.63) is 0 Å². The molecule has 0 saturated carbocycles. The standard InChI is InChI=1S/C12H28OSi2/c1-7-10-14(4,5)15(6)11-8-9-12(2,3)13-15/h7-11H2,1-6H3. The van der Waals surface area contributed by atoms with E-state index in [0.717, 1.165) is 0 Å². The summed E-state index contributed by atoms with van der Waals surface area (Å²) in [4.78, 5) is 0. The van der Waals surface area contributed by atoms with E-state index in [1.54, 1.807) is 0 Å². The molecule has 90 valence electrons. The molecule has 0 aromatic rings. The van der Waals surface area contributed by atoms with E-state index in [0.29, 0.717) is 0 Å². The van der Waals surface area contributed by atoms with Gasteiger partial charge in [-0.1, -0.05) is 38.9 Å². The first-order valence-electron chi connectivity index (χ1n) is 6.43. The maximum absolute atomic E-state index is 6.58. The Balaban J connectivity index is 2.81. The second-order valence-electron chi connectivity index (χ2n) is 6.58. The van der Waals surface area contributed by atoms with Crippen molar-refractivity contribution in [1.29, 1.82) is 0 Å². The summed E-state index contributed by atoms with van der Waals surface area (Å²) in [5.41, 5.74) is 0.164. The van der Waals surface area contributed by atoms with Crippen LogP contribution in [-0.4, -0.2) is 21.0 Å². The van der Waals surface area contributed by atoms with Crippen LogP contribution >= 0.6 is 0 Å². The van der Waals surface area contributed by atoms with Gasteiger partial charge in [-0.2, -0.15) is 0 Å². The average Bonchev–Trinajstić information content (AvgIpc) is 2.00. The summed E-state index contributed by atoms with van der Waals surface area (Å²) in [5.74, 6) is 0. The van der Waals surface area contributed by atoms with Gasteiger partial charge in [0.15, 0.2) is 7.83 Å². The summed E-state index contributed by atoms with van der Waals surface area (Å²) < 4.78 is 6.58. The van der Waals surface area contributed by atoms with Crippen LogP contribution in [0.1, 0.15) is 40.0 Å². The predicted molar refractivity (Wildman–Crippen MR) is 73.4 cm³/mol. The lowest BCUT2D eigenvalue weighted by molar-refractivity contribution is 0.0764. The molecule has 1 aliphatic rings. The zero-order valence-corrected chi connectivity index (χ0v) is 13.4. The van der Waals surface area contributed by atoms with Crippen molar-refractivity contribution in [2.24, 2.45) is 0 Å². The molecule has 1 nitrogen and oxygen atoms in total. The summed E-state index contributed by atoms with van der Waals surface area (Å²) in [6.45, 7) is 14.5. The highest BCUT2D eigenvalue weighted by Gasteiger charge is 2.50. The van der Waals surface area contributed by atoms with Gasteiger partial charge in [0.25, 0.3) is 0 Å². The summed E-state index contributed by atoms with van der Waals surface area (Å²) in [7, 11) is -2.48. The Hall–Kier alpha value is 0.394. The van der Waals surface area contributed by atoms with Crippen molar-refractivity contribution < 1.29 is 4.43 Å². The first-order chi connectivity index (χ1) is 6.72. The molecule has 1 heterocycles. The minimum atomic E-state index is -1.38. The van der Waals surface area contributed by atoms with Crippen LogP contribution < -0.4 is 0 Å². The van der Waals surface area contributed by atoms with E-state index in [4.69, 9.17) is 4.43 Å². The lowest BCUT2D eigenvalue weighted by atomic mass is 10.0. The molecule has 0 aliphatic carbocycles. The van der Waals surface area contributed by atoms with Crippen LogP contribution in [0.15, 0.2) is 0 Å². The number of hydrogen-bond acceptors (Lipinski definition) is 1. The fourth-order valence-corrected chi connectivity index (χ4v) is 14.5. The van der Waals surface area contributed by atoms with E-state index in [-0.39, 0.29) is 5.60 Å². The third-order valence-corrected chi connectivity index (χ3v) is 21.6. The number of hydrogen-bond donors (Lipinski definition) is 0. The smallest absolute Gasteiger partial charge is 0.177 e. The third-order valence-electron chi connectivity index (χ3n) is 4.24. The van der Waals surface area contributed by atoms with E-state index in [9.17, 15) is 0 Å². The van der Waals surface area contributed by atoms with Crippen molar-refractivity contribution in [1.82, 2.24) is 0 Å². The van der Waals surface area contributed by atoms with Crippen LogP contribution in [0.2, 0.25) is 31.7 Å². The molecule has 1 unspecified atom stereocenters. The molecule has 0 bridgehead atoms. The average molecular weight is 245 g/mol. The maximum Gasteiger partial charge on any atom is 0.177 e. The summed E-state index contributed by atoms with van der Waals surface area (Å²) >= 11 is 0. The van der Waals surface area contributed by atoms with Crippen LogP contribution in [-0.2, 0) is 4.43 Å². The van der Waals surface area contributed by atoms with E-state index in [2.05, 4.69) is 40.4 Å². The van der Waals surface area contributed by atoms with Gasteiger partial charge in [0.05, 0.1) is 13.2 Å². The Labute approximate surface area is 97.5 Å². The van der Waals surface area contributed by atoms with E-state index in [1.807, 2.05) is 0 Å². The number of rotatable bonds is 3. The van der Waals surface area contributed by atoms with Gasteiger partial charge in [0.1, 0.15) is 0 Å². The zero-order chi connectivity index (χ0) is 11.7. The van der Waals surface area contributed by atoms with Crippen molar-refractivity contribution in [3.63, 3.8) is 0 Å². The monoisotopic (exact) mass is 244 g/mol. The second kappa shape index (κ2) is 4.34. The van der Waals surface area contributed by atoms with Crippen molar-refractivity contribution in [2.75, 3.05) is 0 Å². The van der Waals surface area contributed by atoms with Gasteiger partial charge in [-0.25, -0.2) is 0 Å². The highest BCUT2D eigenvalue weighted by molar-refractivity contribution is 7.38. The zero-order valence-electron chi connectivity index (χ0n) is 11.4. The molecule has 1 saturated heterocycles. The normalized spacial score (nSPS) is 31.6. The largest absolute Gasteiger partial charge is 0.415 e. The van der Waals surface area contributed by atoms with Crippen LogP contribution in [0, 0.1) is 0 Å². The van der Waals surface area contributed by atoms with Crippen molar-refractivity contribution >= 4 is 15.4 Å². The van der Waals surface area contributed by atoms with Gasteiger partial charge in [0, 0.05) is 0 Å². The Morgan fingerprint density at radius 3 is 2.40 bits per heavy atom. The second-order valence-corrected chi connectivity index (χ2v) is 21.2. The summed E-state index contributed by atoms with van der Waals surface area (Å²) in [6.07, 6.45) is 3.99. The lowest BCUT2D eigenvalue weighted by Gasteiger charge is -2.49. The van der Waals surface area contributed by atoms with Gasteiger partial charge in [0.2, 0.25) is 0 Å². The molecule has 1 rings (SSSR count). The molecule has 0 N–H and O–H groups in total.